The molecule has 0 saturated carbocycles. The van der Waals surface area contributed by atoms with Crippen LogP contribution in [0.25, 0.3) is 0 Å². The zero-order chi connectivity index (χ0) is 14.8. The Hall–Kier alpha value is -1.37. The van der Waals surface area contributed by atoms with Crippen LogP contribution in [0.1, 0.15) is 17.9 Å². The Kier molecular flexibility index (Phi) is 4.47. The maximum absolute atomic E-state index is 12.0. The molecule has 4 nitrogen and oxygen atoms in total. The molecule has 2 rings (SSSR count). The summed E-state index contributed by atoms with van der Waals surface area (Å²) in [6.45, 7) is 0. The molecule has 0 spiro atoms. The van der Waals surface area contributed by atoms with Crippen LogP contribution in [0, 0.1) is 8.99 Å². The minimum atomic E-state index is -1.32. The average molecular weight is 386 g/mol. The summed E-state index contributed by atoms with van der Waals surface area (Å²) in [6.07, 6.45) is 3.82. The highest BCUT2D eigenvalue weighted by Gasteiger charge is 2.50. The first-order valence-electron chi connectivity index (χ1n) is 6.15. The van der Waals surface area contributed by atoms with E-state index in [1.165, 1.54) is 14.2 Å². The van der Waals surface area contributed by atoms with Crippen LogP contribution in [0.5, 0.6) is 0 Å². The quantitative estimate of drug-likeness (QED) is 0.347. The van der Waals surface area contributed by atoms with E-state index in [0.717, 1.165) is 9.13 Å². The van der Waals surface area contributed by atoms with E-state index in [4.69, 9.17) is 9.47 Å². The second-order valence-electron chi connectivity index (χ2n) is 4.68. The third-order valence-corrected chi connectivity index (χ3v) is 4.27. The molecule has 0 amide bonds. The number of allylic oxidation sites excluding steroid dienone is 1. The van der Waals surface area contributed by atoms with Gasteiger partial charge in [0.1, 0.15) is 0 Å². The molecule has 1 aromatic carbocycles. The summed E-state index contributed by atoms with van der Waals surface area (Å²) in [5.41, 5.74) is -0.256. The monoisotopic (exact) mass is 386 g/mol. The summed E-state index contributed by atoms with van der Waals surface area (Å²) in [4.78, 5) is 24.0. The van der Waals surface area contributed by atoms with Gasteiger partial charge in [0.15, 0.2) is 5.41 Å². The predicted molar refractivity (Wildman–Crippen MR) is 82.1 cm³/mol. The topological polar surface area (TPSA) is 52.6 Å². The van der Waals surface area contributed by atoms with Crippen molar-refractivity contribution < 1.29 is 19.1 Å². The van der Waals surface area contributed by atoms with E-state index in [1.807, 2.05) is 30.3 Å². The second kappa shape index (κ2) is 5.95. The SMILES string of the molecule is COC(=O)C1(C(=O)OC)C=CC(c2ccc(I)cc2)C1. The van der Waals surface area contributed by atoms with Crippen molar-refractivity contribution in [2.75, 3.05) is 14.2 Å². The van der Waals surface area contributed by atoms with Crippen molar-refractivity contribution in [2.45, 2.75) is 12.3 Å². The van der Waals surface area contributed by atoms with Gasteiger partial charge < -0.3 is 9.47 Å². The van der Waals surface area contributed by atoms with Crippen molar-refractivity contribution >= 4 is 34.5 Å². The predicted octanol–water partition coefficient (Wildman–Crippen LogP) is 2.67. The Morgan fingerprint density at radius 3 is 2.20 bits per heavy atom. The van der Waals surface area contributed by atoms with Crippen LogP contribution in [-0.4, -0.2) is 26.2 Å². The first kappa shape index (κ1) is 15.0. The number of halogens is 1. The smallest absolute Gasteiger partial charge is 0.327 e. The normalized spacial score (nSPS) is 19.6. The molecule has 0 aromatic heterocycles. The van der Waals surface area contributed by atoms with E-state index < -0.39 is 17.4 Å². The van der Waals surface area contributed by atoms with Crippen molar-refractivity contribution in [3.63, 3.8) is 0 Å². The summed E-state index contributed by atoms with van der Waals surface area (Å²) in [7, 11) is 2.55. The number of hydrogen-bond donors (Lipinski definition) is 0. The Morgan fingerprint density at radius 2 is 1.70 bits per heavy atom. The lowest BCUT2D eigenvalue weighted by molar-refractivity contribution is -0.165. The highest BCUT2D eigenvalue weighted by Crippen LogP contribution is 2.42. The molecule has 1 atom stereocenters. The number of rotatable bonds is 3. The fourth-order valence-corrected chi connectivity index (χ4v) is 2.81. The number of carbonyl (C=O) groups excluding carboxylic acids is 2. The summed E-state index contributed by atoms with van der Waals surface area (Å²) < 4.78 is 10.7. The minimum Gasteiger partial charge on any atom is -0.468 e. The van der Waals surface area contributed by atoms with Gasteiger partial charge in [-0.3, -0.25) is 9.59 Å². The first-order valence-corrected chi connectivity index (χ1v) is 7.23. The van der Waals surface area contributed by atoms with E-state index in [0.29, 0.717) is 6.42 Å². The summed E-state index contributed by atoms with van der Waals surface area (Å²) >= 11 is 2.23. The third kappa shape index (κ3) is 2.59. The van der Waals surface area contributed by atoms with Crippen LogP contribution >= 0.6 is 22.6 Å². The van der Waals surface area contributed by atoms with Crippen molar-refractivity contribution in [1.82, 2.24) is 0 Å². The summed E-state index contributed by atoms with van der Waals surface area (Å²) in [5.74, 6) is -1.15. The van der Waals surface area contributed by atoms with Crippen LogP contribution in [0.4, 0.5) is 0 Å². The Morgan fingerprint density at radius 1 is 1.15 bits per heavy atom. The maximum atomic E-state index is 12.0. The largest absolute Gasteiger partial charge is 0.468 e. The van der Waals surface area contributed by atoms with E-state index in [1.54, 1.807) is 6.08 Å². The lowest BCUT2D eigenvalue weighted by Gasteiger charge is -2.22. The van der Waals surface area contributed by atoms with Crippen molar-refractivity contribution in [1.29, 1.82) is 0 Å². The molecule has 0 bridgehead atoms. The molecular formula is C15H15IO4. The van der Waals surface area contributed by atoms with Crippen LogP contribution in [0.15, 0.2) is 36.4 Å². The molecule has 0 radical (unpaired) electrons. The molecule has 0 heterocycles. The Labute approximate surface area is 131 Å². The molecule has 106 valence electrons. The lowest BCUT2D eigenvalue weighted by Crippen LogP contribution is -2.38. The summed E-state index contributed by atoms with van der Waals surface area (Å²) in [6, 6.07) is 8.00. The molecule has 0 saturated heterocycles. The number of methoxy groups -OCH3 is 2. The fraction of sp³-hybridized carbons (Fsp3) is 0.333. The maximum Gasteiger partial charge on any atom is 0.327 e. The lowest BCUT2D eigenvalue weighted by atomic mass is 9.83. The van der Waals surface area contributed by atoms with Gasteiger partial charge in [0.2, 0.25) is 0 Å². The highest BCUT2D eigenvalue weighted by molar-refractivity contribution is 14.1. The van der Waals surface area contributed by atoms with Gasteiger partial charge in [-0.1, -0.05) is 24.3 Å². The van der Waals surface area contributed by atoms with Gasteiger partial charge in [-0.15, -0.1) is 0 Å². The Bertz CT molecular complexity index is 531. The van der Waals surface area contributed by atoms with Gasteiger partial charge in [-0.05, 0) is 46.7 Å². The molecule has 20 heavy (non-hydrogen) atoms. The van der Waals surface area contributed by atoms with Crippen LogP contribution in [0.2, 0.25) is 0 Å². The van der Waals surface area contributed by atoms with Gasteiger partial charge >= 0.3 is 11.9 Å². The molecule has 1 aromatic rings. The molecule has 1 aliphatic rings. The molecule has 5 heteroatoms. The van der Waals surface area contributed by atoms with E-state index in [-0.39, 0.29) is 5.92 Å². The standard InChI is InChI=1S/C15H15IO4/c1-19-13(17)15(14(18)20-2)8-7-11(9-15)10-3-5-12(16)6-4-10/h3-8,11H,9H2,1-2H3. The second-order valence-corrected chi connectivity index (χ2v) is 5.92. The average Bonchev–Trinajstić information content (AvgIpc) is 2.92. The van der Waals surface area contributed by atoms with Crippen LogP contribution < -0.4 is 0 Å². The number of carbonyl (C=O) groups is 2. The van der Waals surface area contributed by atoms with Crippen LogP contribution in [0.3, 0.4) is 0 Å². The fourth-order valence-electron chi connectivity index (χ4n) is 2.45. The molecule has 0 N–H and O–H groups in total. The van der Waals surface area contributed by atoms with E-state index >= 15 is 0 Å². The van der Waals surface area contributed by atoms with Crippen molar-refractivity contribution in [3.05, 3.63) is 45.6 Å². The number of hydrogen-bond acceptors (Lipinski definition) is 4. The zero-order valence-electron chi connectivity index (χ0n) is 11.3. The molecule has 0 aliphatic heterocycles. The number of esters is 2. The van der Waals surface area contributed by atoms with Crippen molar-refractivity contribution in [2.24, 2.45) is 5.41 Å². The summed E-state index contributed by atoms with van der Waals surface area (Å²) in [5, 5.41) is 0. The zero-order valence-corrected chi connectivity index (χ0v) is 13.4. The van der Waals surface area contributed by atoms with Gasteiger partial charge in [0, 0.05) is 9.49 Å². The van der Waals surface area contributed by atoms with E-state index in [2.05, 4.69) is 22.6 Å². The molecule has 0 fully saturated rings. The molecule has 1 aliphatic carbocycles. The van der Waals surface area contributed by atoms with Crippen LogP contribution in [-0.2, 0) is 19.1 Å². The minimum absolute atomic E-state index is 0.00481. The van der Waals surface area contributed by atoms with Gasteiger partial charge in [0.25, 0.3) is 0 Å². The van der Waals surface area contributed by atoms with Gasteiger partial charge in [-0.2, -0.15) is 0 Å². The third-order valence-electron chi connectivity index (χ3n) is 3.55. The first-order chi connectivity index (χ1) is 9.53. The van der Waals surface area contributed by atoms with Gasteiger partial charge in [-0.25, -0.2) is 0 Å². The van der Waals surface area contributed by atoms with Gasteiger partial charge in [0.05, 0.1) is 14.2 Å². The number of ether oxygens (including phenoxy) is 2. The van der Waals surface area contributed by atoms with E-state index in [9.17, 15) is 9.59 Å². The Balaban J connectivity index is 2.29. The van der Waals surface area contributed by atoms with Crippen molar-refractivity contribution in [3.8, 4) is 0 Å². The highest BCUT2D eigenvalue weighted by atomic mass is 127. The number of benzene rings is 1. The molecule has 1 unspecified atom stereocenters. The molecular weight excluding hydrogens is 371 g/mol.